The lowest BCUT2D eigenvalue weighted by molar-refractivity contribution is 0.550. The summed E-state index contributed by atoms with van der Waals surface area (Å²) < 4.78 is 1.15. The highest BCUT2D eigenvalue weighted by molar-refractivity contribution is 9.11. The van der Waals surface area contributed by atoms with Crippen molar-refractivity contribution in [3.63, 3.8) is 0 Å². The predicted octanol–water partition coefficient (Wildman–Crippen LogP) is 3.22. The molecule has 0 aliphatic heterocycles. The molecule has 1 unspecified atom stereocenters. The molecular weight excluding hydrogens is 310 g/mol. The van der Waals surface area contributed by atoms with Crippen molar-refractivity contribution in [2.75, 3.05) is 0 Å². The first kappa shape index (κ1) is 13.7. The second kappa shape index (κ2) is 6.43. The zero-order chi connectivity index (χ0) is 13.0. The number of aryl methyl sites for hydroxylation is 1. The Morgan fingerprint density at radius 2 is 2.28 bits per heavy atom. The van der Waals surface area contributed by atoms with E-state index < -0.39 is 0 Å². The van der Waals surface area contributed by atoms with Crippen molar-refractivity contribution in [3.8, 4) is 0 Å². The van der Waals surface area contributed by atoms with Gasteiger partial charge in [-0.15, -0.1) is 11.3 Å². The molecule has 0 amide bonds. The van der Waals surface area contributed by atoms with Crippen molar-refractivity contribution in [1.29, 1.82) is 0 Å². The molecule has 18 heavy (non-hydrogen) atoms. The summed E-state index contributed by atoms with van der Waals surface area (Å²) in [5.74, 6) is 5.71. The maximum atomic E-state index is 5.71. The molecule has 2 aromatic heterocycles. The average molecular weight is 326 g/mol. The molecule has 0 fully saturated rings. The van der Waals surface area contributed by atoms with Crippen LogP contribution in [0.4, 0.5) is 0 Å². The first-order chi connectivity index (χ1) is 8.74. The normalized spacial score (nSPS) is 12.6. The molecule has 0 aliphatic rings. The van der Waals surface area contributed by atoms with Crippen molar-refractivity contribution in [2.24, 2.45) is 5.84 Å². The molecule has 2 rings (SSSR count). The van der Waals surface area contributed by atoms with Gasteiger partial charge in [-0.3, -0.25) is 16.3 Å². The van der Waals surface area contributed by atoms with Crippen LogP contribution in [0.15, 0.2) is 34.4 Å². The van der Waals surface area contributed by atoms with Gasteiger partial charge < -0.3 is 0 Å². The summed E-state index contributed by atoms with van der Waals surface area (Å²) in [4.78, 5) is 5.48. The molecule has 0 aromatic carbocycles. The fourth-order valence-corrected chi connectivity index (χ4v) is 3.52. The summed E-state index contributed by atoms with van der Waals surface area (Å²) in [5, 5.41) is 0. The van der Waals surface area contributed by atoms with Crippen molar-refractivity contribution < 1.29 is 0 Å². The number of nitrogens with zero attached hydrogens (tertiary/aromatic N) is 1. The zero-order valence-corrected chi connectivity index (χ0v) is 12.6. The fraction of sp³-hybridized carbons (Fsp3) is 0.308. The highest BCUT2D eigenvalue weighted by Crippen LogP contribution is 2.27. The Kier molecular flexibility index (Phi) is 4.88. The first-order valence-corrected chi connectivity index (χ1v) is 7.48. The van der Waals surface area contributed by atoms with E-state index in [1.165, 1.54) is 16.0 Å². The van der Waals surface area contributed by atoms with Crippen molar-refractivity contribution in [2.45, 2.75) is 25.8 Å². The molecule has 2 aromatic rings. The van der Waals surface area contributed by atoms with Crippen LogP contribution in [-0.2, 0) is 12.8 Å². The third-order valence-electron chi connectivity index (χ3n) is 2.93. The van der Waals surface area contributed by atoms with E-state index in [4.69, 9.17) is 5.84 Å². The van der Waals surface area contributed by atoms with Crippen LogP contribution < -0.4 is 11.3 Å². The SMILES string of the molecule is CCc1cnccc1C(Cc1ccc(Br)s1)NN. The highest BCUT2D eigenvalue weighted by atomic mass is 79.9. The Balaban J connectivity index is 2.22. The van der Waals surface area contributed by atoms with Crippen LogP contribution in [-0.4, -0.2) is 4.98 Å². The number of hydrogen-bond donors (Lipinski definition) is 2. The van der Waals surface area contributed by atoms with Gasteiger partial charge in [0.05, 0.1) is 9.83 Å². The highest BCUT2D eigenvalue weighted by Gasteiger charge is 2.14. The van der Waals surface area contributed by atoms with Crippen LogP contribution >= 0.6 is 27.3 Å². The first-order valence-electron chi connectivity index (χ1n) is 5.87. The van der Waals surface area contributed by atoms with Gasteiger partial charge in [-0.25, -0.2) is 0 Å². The monoisotopic (exact) mass is 325 g/mol. The number of aromatic nitrogens is 1. The van der Waals surface area contributed by atoms with E-state index in [-0.39, 0.29) is 6.04 Å². The van der Waals surface area contributed by atoms with E-state index in [2.05, 4.69) is 45.4 Å². The van der Waals surface area contributed by atoms with E-state index in [9.17, 15) is 0 Å². The molecule has 2 heterocycles. The lowest BCUT2D eigenvalue weighted by Crippen LogP contribution is -2.30. The second-order valence-corrected chi connectivity index (χ2v) is 6.60. The van der Waals surface area contributed by atoms with Crippen LogP contribution in [0.25, 0.3) is 0 Å². The molecule has 0 saturated heterocycles. The minimum atomic E-state index is 0.133. The van der Waals surface area contributed by atoms with Gasteiger partial charge in [0.2, 0.25) is 0 Å². The van der Waals surface area contributed by atoms with E-state index >= 15 is 0 Å². The van der Waals surface area contributed by atoms with Crippen LogP contribution in [0.2, 0.25) is 0 Å². The lowest BCUT2D eigenvalue weighted by Gasteiger charge is -2.18. The summed E-state index contributed by atoms with van der Waals surface area (Å²) in [6.07, 6.45) is 5.60. The van der Waals surface area contributed by atoms with Gasteiger partial charge in [-0.1, -0.05) is 6.92 Å². The Morgan fingerprint density at radius 1 is 1.44 bits per heavy atom. The Hall–Kier alpha value is -0.750. The Bertz CT molecular complexity index is 512. The quantitative estimate of drug-likeness (QED) is 0.655. The van der Waals surface area contributed by atoms with Crippen molar-refractivity contribution in [1.82, 2.24) is 10.4 Å². The molecule has 5 heteroatoms. The van der Waals surface area contributed by atoms with Gasteiger partial charge in [0, 0.05) is 23.7 Å². The summed E-state index contributed by atoms with van der Waals surface area (Å²) in [5.41, 5.74) is 5.40. The second-order valence-electron chi connectivity index (χ2n) is 4.06. The molecule has 0 aliphatic carbocycles. The third-order valence-corrected chi connectivity index (χ3v) is 4.58. The maximum Gasteiger partial charge on any atom is 0.0701 e. The summed E-state index contributed by atoms with van der Waals surface area (Å²) in [6.45, 7) is 2.13. The molecule has 0 bridgehead atoms. The number of thiophene rings is 1. The average Bonchev–Trinajstić information content (AvgIpc) is 2.81. The standard InChI is InChI=1S/C13H16BrN3S/c1-2-9-8-16-6-5-11(9)12(17-15)7-10-3-4-13(14)18-10/h3-6,8,12,17H,2,7,15H2,1H3. The number of pyridine rings is 1. The molecular formula is C13H16BrN3S. The van der Waals surface area contributed by atoms with Gasteiger partial charge >= 0.3 is 0 Å². The van der Waals surface area contributed by atoms with Gasteiger partial charge in [-0.05, 0) is 51.7 Å². The van der Waals surface area contributed by atoms with Crippen molar-refractivity contribution in [3.05, 3.63) is 50.4 Å². The lowest BCUT2D eigenvalue weighted by atomic mass is 9.98. The molecule has 96 valence electrons. The van der Waals surface area contributed by atoms with Crippen LogP contribution in [0.5, 0.6) is 0 Å². The van der Waals surface area contributed by atoms with E-state index in [1.54, 1.807) is 11.3 Å². The molecule has 3 N–H and O–H groups in total. The van der Waals surface area contributed by atoms with E-state index in [0.29, 0.717) is 0 Å². The number of halogens is 1. The van der Waals surface area contributed by atoms with Gasteiger partial charge in [-0.2, -0.15) is 0 Å². The van der Waals surface area contributed by atoms with Crippen molar-refractivity contribution >= 4 is 27.3 Å². The minimum absolute atomic E-state index is 0.133. The minimum Gasteiger partial charge on any atom is -0.271 e. The third kappa shape index (κ3) is 3.17. The summed E-state index contributed by atoms with van der Waals surface area (Å²) >= 11 is 5.23. The topological polar surface area (TPSA) is 50.9 Å². The smallest absolute Gasteiger partial charge is 0.0701 e. The molecule has 1 atom stereocenters. The molecule has 0 radical (unpaired) electrons. The van der Waals surface area contributed by atoms with Crippen LogP contribution in [0, 0.1) is 0 Å². The number of rotatable bonds is 5. The number of hydrazine groups is 1. The molecule has 0 saturated carbocycles. The van der Waals surface area contributed by atoms with Gasteiger partial charge in [0.25, 0.3) is 0 Å². The summed E-state index contributed by atoms with van der Waals surface area (Å²) in [6, 6.07) is 6.38. The summed E-state index contributed by atoms with van der Waals surface area (Å²) in [7, 11) is 0. The maximum absolute atomic E-state index is 5.71. The molecule has 0 spiro atoms. The zero-order valence-electron chi connectivity index (χ0n) is 10.2. The number of nitrogens with one attached hydrogen (secondary N) is 1. The van der Waals surface area contributed by atoms with Gasteiger partial charge in [0.15, 0.2) is 0 Å². The predicted molar refractivity (Wildman–Crippen MR) is 79.4 cm³/mol. The van der Waals surface area contributed by atoms with Gasteiger partial charge in [0.1, 0.15) is 0 Å². The fourth-order valence-electron chi connectivity index (χ4n) is 1.99. The van der Waals surface area contributed by atoms with E-state index in [0.717, 1.165) is 16.6 Å². The number of nitrogens with two attached hydrogens (primary N) is 1. The van der Waals surface area contributed by atoms with Crippen LogP contribution in [0.3, 0.4) is 0 Å². The van der Waals surface area contributed by atoms with E-state index in [1.807, 2.05) is 18.5 Å². The largest absolute Gasteiger partial charge is 0.271 e. The Morgan fingerprint density at radius 3 is 2.89 bits per heavy atom. The molecule has 3 nitrogen and oxygen atoms in total. The number of hydrogen-bond acceptors (Lipinski definition) is 4. The van der Waals surface area contributed by atoms with Crippen LogP contribution in [0.1, 0.15) is 29.0 Å². The Labute approximate surface area is 120 Å².